The molecule has 0 radical (unpaired) electrons. The minimum Gasteiger partial charge on any atom is -0.384 e. The van der Waals surface area contributed by atoms with E-state index in [9.17, 15) is 4.39 Å². The topological polar surface area (TPSA) is 24.9 Å². The van der Waals surface area contributed by atoms with E-state index in [-0.39, 0.29) is 5.82 Å². The molecule has 0 fully saturated rings. The highest BCUT2D eigenvalue weighted by Crippen LogP contribution is 2.26. The number of fused-ring (bicyclic) bond motifs is 1. The van der Waals surface area contributed by atoms with E-state index in [1.54, 1.807) is 6.92 Å². The monoisotopic (exact) mass is 246 g/mol. The molecule has 96 valence electrons. The Labute approximate surface area is 107 Å². The van der Waals surface area contributed by atoms with Crippen molar-refractivity contribution in [2.24, 2.45) is 0 Å². The number of benzene rings is 1. The molecular formula is C15H19FN2. The largest absolute Gasteiger partial charge is 0.384 e. The maximum absolute atomic E-state index is 13.6. The minimum atomic E-state index is -0.190. The van der Waals surface area contributed by atoms with Crippen molar-refractivity contribution in [3.63, 3.8) is 0 Å². The number of halogens is 1. The van der Waals surface area contributed by atoms with E-state index in [0.717, 1.165) is 41.7 Å². The highest BCUT2D eigenvalue weighted by atomic mass is 19.1. The quantitative estimate of drug-likeness (QED) is 0.879. The predicted molar refractivity (Wildman–Crippen MR) is 74.6 cm³/mol. The molecule has 0 bridgehead atoms. The first-order valence-electron chi connectivity index (χ1n) is 6.49. The number of hydrogen-bond donors (Lipinski definition) is 1. The first-order chi connectivity index (χ1) is 8.65. The van der Waals surface area contributed by atoms with E-state index in [1.807, 2.05) is 6.07 Å². The third-order valence-electron chi connectivity index (χ3n) is 3.07. The third-order valence-corrected chi connectivity index (χ3v) is 3.07. The van der Waals surface area contributed by atoms with Gasteiger partial charge in [-0.2, -0.15) is 0 Å². The van der Waals surface area contributed by atoms with Crippen LogP contribution in [0.5, 0.6) is 0 Å². The average Bonchev–Trinajstić information content (AvgIpc) is 2.37. The Morgan fingerprint density at radius 1 is 1.22 bits per heavy atom. The van der Waals surface area contributed by atoms with Gasteiger partial charge in [-0.1, -0.05) is 13.8 Å². The summed E-state index contributed by atoms with van der Waals surface area (Å²) in [6.07, 6.45) is 1.91. The lowest BCUT2D eigenvalue weighted by molar-refractivity contribution is 0.620. The molecule has 0 spiro atoms. The molecule has 0 saturated carbocycles. The number of nitrogens with zero attached hydrogens (tertiary/aromatic N) is 1. The van der Waals surface area contributed by atoms with Gasteiger partial charge in [0.05, 0.1) is 5.52 Å². The van der Waals surface area contributed by atoms with Crippen molar-refractivity contribution >= 4 is 16.6 Å². The van der Waals surface area contributed by atoms with Crippen molar-refractivity contribution in [3.8, 4) is 0 Å². The predicted octanol–water partition coefficient (Wildman–Crippen LogP) is 4.07. The van der Waals surface area contributed by atoms with Gasteiger partial charge in [-0.3, -0.25) is 4.98 Å². The minimum absolute atomic E-state index is 0.190. The van der Waals surface area contributed by atoms with Crippen molar-refractivity contribution in [2.75, 3.05) is 11.9 Å². The maximum Gasteiger partial charge on any atom is 0.128 e. The number of anilines is 1. The Hall–Kier alpha value is -1.64. The Balaban J connectivity index is 2.61. The molecule has 3 heteroatoms. The molecule has 2 aromatic rings. The Morgan fingerprint density at radius 2 is 2.00 bits per heavy atom. The molecular weight excluding hydrogens is 227 g/mol. The van der Waals surface area contributed by atoms with Gasteiger partial charge >= 0.3 is 0 Å². The zero-order valence-electron chi connectivity index (χ0n) is 11.2. The van der Waals surface area contributed by atoms with E-state index in [1.165, 1.54) is 6.07 Å². The van der Waals surface area contributed by atoms with Gasteiger partial charge in [-0.05, 0) is 37.5 Å². The van der Waals surface area contributed by atoms with Crippen LogP contribution in [0.25, 0.3) is 10.9 Å². The van der Waals surface area contributed by atoms with Gasteiger partial charge in [-0.15, -0.1) is 0 Å². The average molecular weight is 246 g/mol. The second-order valence-electron chi connectivity index (χ2n) is 4.56. The van der Waals surface area contributed by atoms with Crippen LogP contribution in [0.15, 0.2) is 18.2 Å². The molecule has 18 heavy (non-hydrogen) atoms. The summed E-state index contributed by atoms with van der Waals surface area (Å²) in [5.41, 5.74) is 3.44. The van der Waals surface area contributed by atoms with Crippen molar-refractivity contribution in [3.05, 3.63) is 35.3 Å². The van der Waals surface area contributed by atoms with Crippen LogP contribution in [0.4, 0.5) is 10.1 Å². The molecule has 0 aliphatic carbocycles. The first kappa shape index (κ1) is 12.8. The van der Waals surface area contributed by atoms with Crippen molar-refractivity contribution in [1.82, 2.24) is 4.98 Å². The zero-order valence-corrected chi connectivity index (χ0v) is 11.2. The summed E-state index contributed by atoms with van der Waals surface area (Å²) in [6, 6.07) is 5.46. The molecule has 1 heterocycles. The molecule has 1 aromatic heterocycles. The maximum atomic E-state index is 13.6. The molecule has 2 nitrogen and oxygen atoms in total. The van der Waals surface area contributed by atoms with Gasteiger partial charge in [0.25, 0.3) is 0 Å². The number of nitrogens with one attached hydrogen (secondary N) is 1. The third kappa shape index (κ3) is 2.45. The number of pyridine rings is 1. The fourth-order valence-corrected chi connectivity index (χ4v) is 2.00. The van der Waals surface area contributed by atoms with Crippen molar-refractivity contribution in [1.29, 1.82) is 0 Å². The van der Waals surface area contributed by atoms with Gasteiger partial charge in [-0.25, -0.2) is 4.39 Å². The van der Waals surface area contributed by atoms with Crippen LogP contribution in [0.1, 0.15) is 31.5 Å². The van der Waals surface area contributed by atoms with Crippen LogP contribution in [-0.2, 0) is 6.42 Å². The summed E-state index contributed by atoms with van der Waals surface area (Å²) < 4.78 is 13.6. The van der Waals surface area contributed by atoms with E-state index in [2.05, 4.69) is 30.2 Å². The highest BCUT2D eigenvalue weighted by molar-refractivity contribution is 5.92. The number of hydrogen-bond acceptors (Lipinski definition) is 2. The SMILES string of the molecule is CCCNc1cc(CC)nc2cc(F)c(C)cc12. The smallest absolute Gasteiger partial charge is 0.128 e. The van der Waals surface area contributed by atoms with Crippen LogP contribution in [0.2, 0.25) is 0 Å². The molecule has 1 N–H and O–H groups in total. The molecule has 0 atom stereocenters. The second kappa shape index (κ2) is 5.34. The molecule has 0 aliphatic heterocycles. The van der Waals surface area contributed by atoms with Gasteiger partial charge in [0, 0.05) is 29.4 Å². The van der Waals surface area contributed by atoms with E-state index in [0.29, 0.717) is 5.56 Å². The van der Waals surface area contributed by atoms with Crippen molar-refractivity contribution < 1.29 is 4.39 Å². The fraction of sp³-hybridized carbons (Fsp3) is 0.400. The normalized spacial score (nSPS) is 10.9. The number of rotatable bonds is 4. The molecule has 0 unspecified atom stereocenters. The van der Waals surface area contributed by atoms with Crippen LogP contribution in [0, 0.1) is 12.7 Å². The lowest BCUT2D eigenvalue weighted by atomic mass is 10.1. The summed E-state index contributed by atoms with van der Waals surface area (Å²) >= 11 is 0. The summed E-state index contributed by atoms with van der Waals surface area (Å²) in [7, 11) is 0. The standard InChI is InChI=1S/C15H19FN2/c1-4-6-17-14-8-11(5-2)18-15-9-13(16)10(3)7-12(14)15/h7-9H,4-6H2,1-3H3,(H,17,18). The van der Waals surface area contributed by atoms with E-state index >= 15 is 0 Å². The van der Waals surface area contributed by atoms with Gasteiger partial charge < -0.3 is 5.32 Å². The zero-order chi connectivity index (χ0) is 13.1. The summed E-state index contributed by atoms with van der Waals surface area (Å²) in [4.78, 5) is 4.48. The Morgan fingerprint density at radius 3 is 2.67 bits per heavy atom. The molecule has 2 rings (SSSR count). The number of aromatic nitrogens is 1. The van der Waals surface area contributed by atoms with Crippen LogP contribution in [0.3, 0.4) is 0 Å². The molecule has 1 aromatic carbocycles. The Kier molecular flexibility index (Phi) is 3.80. The lowest BCUT2D eigenvalue weighted by Crippen LogP contribution is -2.03. The summed E-state index contributed by atoms with van der Waals surface area (Å²) in [5, 5.41) is 4.40. The first-order valence-corrected chi connectivity index (χ1v) is 6.49. The van der Waals surface area contributed by atoms with Gasteiger partial charge in [0.2, 0.25) is 0 Å². The number of aryl methyl sites for hydroxylation is 2. The van der Waals surface area contributed by atoms with Gasteiger partial charge in [0.1, 0.15) is 5.82 Å². The summed E-state index contributed by atoms with van der Waals surface area (Å²) in [6.45, 7) is 6.88. The Bertz CT molecular complexity index is 564. The van der Waals surface area contributed by atoms with Gasteiger partial charge in [0.15, 0.2) is 0 Å². The molecule has 0 saturated heterocycles. The summed E-state index contributed by atoms with van der Waals surface area (Å²) in [5.74, 6) is -0.190. The van der Waals surface area contributed by atoms with E-state index in [4.69, 9.17) is 0 Å². The second-order valence-corrected chi connectivity index (χ2v) is 4.56. The van der Waals surface area contributed by atoms with Crippen molar-refractivity contribution in [2.45, 2.75) is 33.6 Å². The lowest BCUT2D eigenvalue weighted by Gasteiger charge is -2.11. The molecule has 0 aliphatic rings. The van der Waals surface area contributed by atoms with Crippen LogP contribution >= 0.6 is 0 Å². The highest BCUT2D eigenvalue weighted by Gasteiger charge is 2.08. The van der Waals surface area contributed by atoms with E-state index < -0.39 is 0 Å². The fourth-order valence-electron chi connectivity index (χ4n) is 2.00. The van der Waals surface area contributed by atoms with Crippen LogP contribution < -0.4 is 5.32 Å². The molecule has 0 amide bonds. The van der Waals surface area contributed by atoms with Crippen LogP contribution in [-0.4, -0.2) is 11.5 Å².